The van der Waals surface area contributed by atoms with Crippen molar-refractivity contribution < 1.29 is 38.5 Å². The third-order valence-electron chi connectivity index (χ3n) is 10.4. The second kappa shape index (κ2) is 16.3. The van der Waals surface area contributed by atoms with E-state index in [-0.39, 0.29) is 38.6 Å². The molecule has 15 heteroatoms. The van der Waals surface area contributed by atoms with Crippen LogP contribution in [0.15, 0.2) is 79.9 Å². The number of aromatic nitrogens is 3. The number of carbonyl (C=O) groups excluding carboxylic acids is 4. The third kappa shape index (κ3) is 7.14. The van der Waals surface area contributed by atoms with Gasteiger partial charge in [-0.25, -0.2) is 4.68 Å². The predicted molar refractivity (Wildman–Crippen MR) is 197 cm³/mol. The van der Waals surface area contributed by atoms with Crippen molar-refractivity contribution in [2.45, 2.75) is 73.6 Å². The fourth-order valence-corrected chi connectivity index (χ4v) is 8.98. The maximum atomic E-state index is 14.9. The van der Waals surface area contributed by atoms with E-state index in [2.05, 4.69) is 44.7 Å². The van der Waals surface area contributed by atoms with Gasteiger partial charge in [0, 0.05) is 24.9 Å². The first-order chi connectivity index (χ1) is 25.6. The number of halogens is 1. The number of alkyl halides is 1. The molecule has 282 valence electrons. The number of hydrogen-bond acceptors (Lipinski definition) is 10. The molecule has 9 atom stereocenters. The average Bonchev–Trinajstić information content (AvgIpc) is 3.89. The number of aliphatic hydroxyl groups is 1. The van der Waals surface area contributed by atoms with Crippen LogP contribution in [0.5, 0.6) is 0 Å². The fourth-order valence-electron chi connectivity index (χ4n) is 8.03. The number of carbonyl (C=O) groups is 4. The number of para-hydroxylation sites is 1. The quantitative estimate of drug-likeness (QED) is 0.118. The van der Waals surface area contributed by atoms with Crippen LogP contribution < -0.4 is 5.32 Å². The van der Waals surface area contributed by atoms with Crippen LogP contribution in [-0.2, 0) is 40.1 Å². The minimum Gasteiger partial charge on any atom is -0.455 e. The monoisotopic (exact) mass is 792 g/mol. The number of likely N-dealkylation sites (tertiary alicyclic amines) is 1. The number of nitrogens with zero attached hydrogens (tertiary/aromatic N) is 5. The van der Waals surface area contributed by atoms with E-state index in [1.165, 1.54) is 16.9 Å². The molecule has 3 aliphatic rings. The van der Waals surface area contributed by atoms with Gasteiger partial charge in [-0.2, -0.15) is 0 Å². The zero-order valence-corrected chi connectivity index (χ0v) is 31.3. The largest absolute Gasteiger partial charge is 0.455 e. The lowest BCUT2D eigenvalue weighted by molar-refractivity contribution is -0.163. The van der Waals surface area contributed by atoms with Gasteiger partial charge in [-0.1, -0.05) is 75.8 Å². The Hall–Kier alpha value is -4.44. The number of ether oxygens (including phenoxy) is 3. The number of esters is 1. The van der Waals surface area contributed by atoms with Crippen LogP contribution in [0.3, 0.4) is 0 Å². The molecule has 0 radical (unpaired) electrons. The molecule has 6 rings (SSSR count). The zero-order valence-electron chi connectivity index (χ0n) is 29.8. The van der Waals surface area contributed by atoms with Crippen LogP contribution in [0.1, 0.15) is 37.9 Å². The van der Waals surface area contributed by atoms with Crippen molar-refractivity contribution in [2.24, 2.45) is 11.8 Å². The second-order valence-electron chi connectivity index (χ2n) is 13.7. The number of hydrogen-bond donors (Lipinski definition) is 2. The Bertz CT molecular complexity index is 1840. The lowest BCUT2D eigenvalue weighted by Crippen LogP contribution is -2.58. The van der Waals surface area contributed by atoms with Crippen molar-refractivity contribution in [2.75, 3.05) is 26.9 Å². The van der Waals surface area contributed by atoms with Crippen LogP contribution in [0, 0.1) is 11.8 Å². The number of nitrogens with one attached hydrogen (secondary N) is 1. The maximum absolute atomic E-state index is 14.9. The molecule has 2 aromatic carbocycles. The molecule has 1 unspecified atom stereocenters. The van der Waals surface area contributed by atoms with E-state index >= 15 is 0 Å². The lowest BCUT2D eigenvalue weighted by atomic mass is 9.70. The molecule has 4 heterocycles. The van der Waals surface area contributed by atoms with Crippen molar-refractivity contribution in [3.63, 3.8) is 0 Å². The van der Waals surface area contributed by atoms with E-state index in [1.54, 1.807) is 48.0 Å². The topological polar surface area (TPSA) is 165 Å². The summed E-state index contributed by atoms with van der Waals surface area (Å²) in [4.78, 5) is 59.4. The van der Waals surface area contributed by atoms with Crippen molar-refractivity contribution in [1.82, 2.24) is 30.1 Å². The summed E-state index contributed by atoms with van der Waals surface area (Å²) in [5, 5.41) is 21.8. The Morgan fingerprint density at radius 1 is 1.17 bits per heavy atom. The fraction of sp³-hybridized carbons (Fsp3) is 0.474. The summed E-state index contributed by atoms with van der Waals surface area (Å²) in [5.74, 6) is -4.11. The van der Waals surface area contributed by atoms with Crippen LogP contribution in [-0.4, -0.2) is 115 Å². The Morgan fingerprint density at radius 3 is 2.60 bits per heavy atom. The van der Waals surface area contributed by atoms with Gasteiger partial charge in [-0.05, 0) is 37.5 Å². The van der Waals surface area contributed by atoms with Gasteiger partial charge in [0.05, 0.1) is 48.8 Å². The minimum absolute atomic E-state index is 0.00293. The van der Waals surface area contributed by atoms with Gasteiger partial charge >= 0.3 is 5.97 Å². The summed E-state index contributed by atoms with van der Waals surface area (Å²) in [6.07, 6.45) is 2.35. The summed E-state index contributed by atoms with van der Waals surface area (Å²) in [7, 11) is 1.49. The number of allylic oxidation sites excluding steroid dienone is 1. The highest BCUT2D eigenvalue weighted by Gasteiger charge is 2.77. The molecular formula is C38H45BrN6O8. The van der Waals surface area contributed by atoms with Gasteiger partial charge in [0.15, 0.2) is 0 Å². The normalized spacial score (nSPS) is 26.2. The molecule has 3 fully saturated rings. The SMILES string of the molecule is C=CCCC(=O)N[C@H](COC)[C@H](OC(=O)[C@H]1[C@@H]2O[C@@]3(CC2Br)[C@@H]1C(=O)N([C@H](C)CO)[C@@H]3C(=O)N(CC=C)Cn1nnc2ccccc21)c1ccccc1. The van der Waals surface area contributed by atoms with E-state index in [0.717, 1.165) is 0 Å². The zero-order chi connectivity index (χ0) is 37.9. The Kier molecular flexibility index (Phi) is 11.8. The Balaban J connectivity index is 1.35. The highest BCUT2D eigenvalue weighted by Crippen LogP contribution is 2.61. The summed E-state index contributed by atoms with van der Waals surface area (Å²) in [6, 6.07) is 13.6. The van der Waals surface area contributed by atoms with Gasteiger partial charge in [0.2, 0.25) is 17.7 Å². The van der Waals surface area contributed by atoms with E-state index in [9.17, 15) is 24.3 Å². The molecule has 0 saturated carbocycles. The highest BCUT2D eigenvalue weighted by atomic mass is 79.9. The molecule has 53 heavy (non-hydrogen) atoms. The maximum Gasteiger partial charge on any atom is 0.313 e. The van der Waals surface area contributed by atoms with Crippen molar-refractivity contribution >= 4 is 50.7 Å². The molecule has 1 aromatic heterocycles. The molecule has 3 aromatic rings. The smallest absolute Gasteiger partial charge is 0.313 e. The lowest BCUT2D eigenvalue weighted by Gasteiger charge is -2.38. The predicted octanol–water partition coefficient (Wildman–Crippen LogP) is 2.91. The minimum atomic E-state index is -1.42. The first-order valence-electron chi connectivity index (χ1n) is 17.7. The molecular weight excluding hydrogens is 748 g/mol. The molecule has 0 aliphatic carbocycles. The summed E-state index contributed by atoms with van der Waals surface area (Å²) < 4.78 is 20.1. The second-order valence-corrected chi connectivity index (χ2v) is 14.9. The van der Waals surface area contributed by atoms with E-state index in [1.807, 2.05) is 30.3 Å². The van der Waals surface area contributed by atoms with Crippen LogP contribution in [0.2, 0.25) is 0 Å². The van der Waals surface area contributed by atoms with E-state index < -0.39 is 77.0 Å². The van der Waals surface area contributed by atoms with Crippen molar-refractivity contribution in [3.05, 3.63) is 85.5 Å². The number of fused-ring (bicyclic) bond motifs is 2. The summed E-state index contributed by atoms with van der Waals surface area (Å²) in [6.45, 7) is 8.92. The van der Waals surface area contributed by atoms with Crippen LogP contribution >= 0.6 is 15.9 Å². The van der Waals surface area contributed by atoms with E-state index in [4.69, 9.17) is 14.2 Å². The Labute approximate surface area is 316 Å². The van der Waals surface area contributed by atoms with Gasteiger partial charge in [-0.3, -0.25) is 19.2 Å². The van der Waals surface area contributed by atoms with Crippen LogP contribution in [0.25, 0.3) is 11.0 Å². The third-order valence-corrected chi connectivity index (χ3v) is 11.2. The van der Waals surface area contributed by atoms with Gasteiger partial charge in [0.25, 0.3) is 0 Å². The molecule has 2 bridgehead atoms. The standard InChI is InChI=1S/C38H45BrN6O8/c1-5-7-17-29(47)40-27(21-51-4)32(24-13-9-8-10-14-24)52-37(50)30-31-35(48)45(23(3)20-46)34(38(31)19-25(39)33(30)53-38)36(49)43(18-6-2)22-44-28-16-12-11-15-26(28)41-42-44/h5-6,8-16,23,25,27,30-34,46H,1-2,7,17-22H2,3-4H3,(H,40,47)/t23-,25?,27-,30-,31+,32-,33-,34-,38+/m1/s1. The van der Waals surface area contributed by atoms with Crippen molar-refractivity contribution in [1.29, 1.82) is 0 Å². The Morgan fingerprint density at radius 2 is 1.91 bits per heavy atom. The first-order valence-corrected chi connectivity index (χ1v) is 18.6. The molecule has 3 aliphatic heterocycles. The van der Waals surface area contributed by atoms with E-state index in [0.29, 0.717) is 23.0 Å². The van der Waals surface area contributed by atoms with Gasteiger partial charge in [-0.15, -0.1) is 18.3 Å². The first kappa shape index (κ1) is 38.3. The average molecular weight is 794 g/mol. The van der Waals surface area contributed by atoms with Gasteiger partial charge < -0.3 is 34.4 Å². The number of methoxy groups -OCH3 is 1. The molecule has 2 N–H and O–H groups in total. The van der Waals surface area contributed by atoms with Crippen LogP contribution in [0.4, 0.5) is 0 Å². The number of benzene rings is 2. The molecule has 1 spiro atoms. The number of amides is 3. The van der Waals surface area contributed by atoms with Gasteiger partial charge in [0.1, 0.15) is 29.9 Å². The summed E-state index contributed by atoms with van der Waals surface area (Å²) >= 11 is 3.71. The molecule has 3 saturated heterocycles. The summed E-state index contributed by atoms with van der Waals surface area (Å²) in [5.41, 5.74) is 0.564. The number of rotatable bonds is 17. The van der Waals surface area contributed by atoms with Crippen molar-refractivity contribution in [3.8, 4) is 0 Å². The molecule has 14 nitrogen and oxygen atoms in total. The highest BCUT2D eigenvalue weighted by molar-refractivity contribution is 9.09. The molecule has 3 amide bonds. The number of aliphatic hydroxyl groups excluding tert-OH is 1.